The largest absolute Gasteiger partial charge is 0.481 e. The summed E-state index contributed by atoms with van der Waals surface area (Å²) in [5, 5.41) is 9.44. The van der Waals surface area contributed by atoms with Crippen molar-refractivity contribution in [3.05, 3.63) is 0 Å². The Kier molecular flexibility index (Phi) is 3.22. The Morgan fingerprint density at radius 2 is 2.32 bits per heavy atom. The lowest BCUT2D eigenvalue weighted by Gasteiger charge is -2.24. The molecule has 3 aliphatic heterocycles. The van der Waals surface area contributed by atoms with Crippen molar-refractivity contribution in [1.29, 1.82) is 0 Å². The lowest BCUT2D eigenvalue weighted by molar-refractivity contribution is -0.149. The van der Waals surface area contributed by atoms with E-state index in [-0.39, 0.29) is 11.8 Å². The number of carbonyl (C=O) groups excluding carboxylic acids is 1. The lowest BCUT2D eigenvalue weighted by atomic mass is 9.81. The number of ether oxygens (including phenoxy) is 1. The average molecular weight is 268 g/mol. The maximum atomic E-state index is 11.5. The molecule has 3 saturated heterocycles. The minimum atomic E-state index is -0.741. The first kappa shape index (κ1) is 12.9. The van der Waals surface area contributed by atoms with Gasteiger partial charge in [0.2, 0.25) is 5.91 Å². The van der Waals surface area contributed by atoms with Gasteiger partial charge >= 0.3 is 5.97 Å². The molecular formula is C13H20N2O4. The molecular weight excluding hydrogens is 248 g/mol. The Labute approximate surface area is 112 Å². The van der Waals surface area contributed by atoms with Crippen LogP contribution in [0.4, 0.5) is 0 Å². The molecule has 0 unspecified atom stereocenters. The number of hydrogen-bond acceptors (Lipinski definition) is 4. The number of nitrogens with zero attached hydrogens (tertiary/aromatic N) is 2. The van der Waals surface area contributed by atoms with Gasteiger partial charge in [0.1, 0.15) is 5.41 Å². The minimum absolute atomic E-state index is 0.0966. The highest BCUT2D eigenvalue weighted by atomic mass is 16.5. The summed E-state index contributed by atoms with van der Waals surface area (Å²) in [6, 6.07) is 0. The zero-order valence-electron chi connectivity index (χ0n) is 11.0. The molecule has 106 valence electrons. The van der Waals surface area contributed by atoms with Crippen LogP contribution in [0.5, 0.6) is 0 Å². The van der Waals surface area contributed by atoms with E-state index in [0.29, 0.717) is 26.2 Å². The summed E-state index contributed by atoms with van der Waals surface area (Å²) in [4.78, 5) is 27.1. The Morgan fingerprint density at radius 1 is 1.47 bits per heavy atom. The molecule has 19 heavy (non-hydrogen) atoms. The summed E-state index contributed by atoms with van der Waals surface area (Å²) < 4.78 is 5.35. The van der Waals surface area contributed by atoms with Crippen LogP contribution >= 0.6 is 0 Å². The third-order valence-electron chi connectivity index (χ3n) is 4.73. The first-order chi connectivity index (χ1) is 9.12. The van der Waals surface area contributed by atoms with Crippen molar-refractivity contribution in [2.24, 2.45) is 11.3 Å². The summed E-state index contributed by atoms with van der Waals surface area (Å²) in [6.07, 6.45) is 1.61. The Bertz CT molecular complexity index is 400. The van der Waals surface area contributed by atoms with Crippen LogP contribution in [0.3, 0.4) is 0 Å². The smallest absolute Gasteiger partial charge is 0.313 e. The standard InChI is InChI=1S/C13H20N2O4/c16-11-2-1-3-15(11)5-4-14-6-10-7-19-9-13(10,8-14)12(17)18/h10H,1-9H2,(H,17,18)/t10-,13-/m1/s1. The molecule has 3 rings (SSSR count). The van der Waals surface area contributed by atoms with E-state index < -0.39 is 11.4 Å². The predicted octanol–water partition coefficient (Wildman–Crippen LogP) is -0.358. The Balaban J connectivity index is 1.57. The molecule has 0 aromatic heterocycles. The minimum Gasteiger partial charge on any atom is -0.481 e. The molecule has 3 fully saturated rings. The molecule has 1 amide bonds. The van der Waals surface area contributed by atoms with E-state index in [0.717, 1.165) is 32.6 Å². The van der Waals surface area contributed by atoms with E-state index in [9.17, 15) is 14.7 Å². The maximum Gasteiger partial charge on any atom is 0.313 e. The lowest BCUT2D eigenvalue weighted by Crippen LogP contribution is -2.40. The van der Waals surface area contributed by atoms with Gasteiger partial charge in [-0.15, -0.1) is 0 Å². The van der Waals surface area contributed by atoms with Crippen LogP contribution in [0.25, 0.3) is 0 Å². The fourth-order valence-electron chi connectivity index (χ4n) is 3.52. The second kappa shape index (κ2) is 4.76. The molecule has 6 nitrogen and oxygen atoms in total. The van der Waals surface area contributed by atoms with Gasteiger partial charge < -0.3 is 14.7 Å². The Hall–Kier alpha value is -1.14. The molecule has 0 aromatic carbocycles. The van der Waals surface area contributed by atoms with Crippen molar-refractivity contribution in [1.82, 2.24) is 9.80 Å². The quantitative estimate of drug-likeness (QED) is 0.754. The van der Waals surface area contributed by atoms with Gasteiger partial charge in [0, 0.05) is 45.1 Å². The summed E-state index contributed by atoms with van der Waals surface area (Å²) in [6.45, 7) is 4.55. The average Bonchev–Trinajstić information content (AvgIpc) is 2.99. The first-order valence-corrected chi connectivity index (χ1v) is 6.93. The number of likely N-dealkylation sites (tertiary alicyclic amines) is 2. The molecule has 1 N–H and O–H groups in total. The summed E-state index contributed by atoms with van der Waals surface area (Å²) in [7, 11) is 0. The van der Waals surface area contributed by atoms with Gasteiger partial charge in [-0.25, -0.2) is 0 Å². The van der Waals surface area contributed by atoms with E-state index >= 15 is 0 Å². The number of amides is 1. The van der Waals surface area contributed by atoms with Gasteiger partial charge in [0.25, 0.3) is 0 Å². The van der Waals surface area contributed by atoms with E-state index in [4.69, 9.17) is 4.74 Å². The van der Waals surface area contributed by atoms with Gasteiger partial charge in [0.15, 0.2) is 0 Å². The van der Waals surface area contributed by atoms with Crippen LogP contribution in [0.1, 0.15) is 12.8 Å². The highest BCUT2D eigenvalue weighted by Gasteiger charge is 2.55. The topological polar surface area (TPSA) is 70.1 Å². The van der Waals surface area contributed by atoms with Crippen molar-refractivity contribution < 1.29 is 19.4 Å². The molecule has 0 saturated carbocycles. The zero-order chi connectivity index (χ0) is 13.5. The van der Waals surface area contributed by atoms with Gasteiger partial charge in [-0.05, 0) is 6.42 Å². The second-order valence-electron chi connectivity index (χ2n) is 5.89. The number of hydrogen-bond donors (Lipinski definition) is 1. The molecule has 3 aliphatic rings. The molecule has 0 radical (unpaired) electrons. The molecule has 2 atom stereocenters. The van der Waals surface area contributed by atoms with Crippen LogP contribution in [0.2, 0.25) is 0 Å². The molecule has 0 bridgehead atoms. The van der Waals surface area contributed by atoms with Crippen LogP contribution in [-0.4, -0.2) is 72.7 Å². The van der Waals surface area contributed by atoms with Crippen molar-refractivity contribution >= 4 is 11.9 Å². The van der Waals surface area contributed by atoms with Crippen LogP contribution in [0, 0.1) is 11.3 Å². The highest BCUT2D eigenvalue weighted by Crippen LogP contribution is 2.41. The van der Waals surface area contributed by atoms with Crippen molar-refractivity contribution in [2.45, 2.75) is 12.8 Å². The number of rotatable bonds is 4. The molecule has 0 aromatic rings. The zero-order valence-corrected chi connectivity index (χ0v) is 11.0. The van der Waals surface area contributed by atoms with E-state index in [1.54, 1.807) is 0 Å². The number of aliphatic carboxylic acids is 1. The van der Waals surface area contributed by atoms with Crippen molar-refractivity contribution in [3.8, 4) is 0 Å². The number of fused-ring (bicyclic) bond motifs is 1. The number of carbonyl (C=O) groups is 2. The number of carboxylic acids is 1. The van der Waals surface area contributed by atoms with Gasteiger partial charge in [0.05, 0.1) is 13.2 Å². The third kappa shape index (κ3) is 2.12. The molecule has 0 spiro atoms. The van der Waals surface area contributed by atoms with Crippen molar-refractivity contribution in [2.75, 3.05) is 45.9 Å². The fourth-order valence-corrected chi connectivity index (χ4v) is 3.52. The van der Waals surface area contributed by atoms with Crippen LogP contribution in [-0.2, 0) is 14.3 Å². The summed E-state index contributed by atoms with van der Waals surface area (Å²) in [5.74, 6) is -0.412. The highest BCUT2D eigenvalue weighted by molar-refractivity contribution is 5.78. The fraction of sp³-hybridized carbons (Fsp3) is 0.846. The van der Waals surface area contributed by atoms with Gasteiger partial charge in [-0.2, -0.15) is 0 Å². The third-order valence-corrected chi connectivity index (χ3v) is 4.73. The van der Waals surface area contributed by atoms with E-state index in [2.05, 4.69) is 4.90 Å². The van der Waals surface area contributed by atoms with Crippen LogP contribution < -0.4 is 0 Å². The van der Waals surface area contributed by atoms with Gasteiger partial charge in [-0.1, -0.05) is 0 Å². The normalized spacial score (nSPS) is 35.1. The summed E-state index contributed by atoms with van der Waals surface area (Å²) in [5.41, 5.74) is -0.713. The monoisotopic (exact) mass is 268 g/mol. The van der Waals surface area contributed by atoms with E-state index in [1.807, 2.05) is 4.90 Å². The van der Waals surface area contributed by atoms with E-state index in [1.165, 1.54) is 0 Å². The maximum absolute atomic E-state index is 11.5. The summed E-state index contributed by atoms with van der Waals surface area (Å²) >= 11 is 0. The Morgan fingerprint density at radius 3 is 2.95 bits per heavy atom. The first-order valence-electron chi connectivity index (χ1n) is 6.93. The second-order valence-corrected chi connectivity index (χ2v) is 5.89. The number of carboxylic acid groups (broad SMARTS) is 1. The molecule has 6 heteroatoms. The van der Waals surface area contributed by atoms with Crippen molar-refractivity contribution in [3.63, 3.8) is 0 Å². The van der Waals surface area contributed by atoms with Crippen LogP contribution in [0.15, 0.2) is 0 Å². The SMILES string of the molecule is O=C1CCCN1CCN1C[C@@H]2COC[C@]2(C(=O)O)C1. The molecule has 3 heterocycles. The predicted molar refractivity (Wildman–Crippen MR) is 66.6 cm³/mol. The van der Waals surface area contributed by atoms with Gasteiger partial charge in [-0.3, -0.25) is 14.5 Å². The molecule has 0 aliphatic carbocycles.